The van der Waals surface area contributed by atoms with Crippen molar-refractivity contribution in [2.45, 2.75) is 0 Å². The van der Waals surface area contributed by atoms with Crippen LogP contribution in [0.3, 0.4) is 0 Å². The lowest BCUT2D eigenvalue weighted by Crippen LogP contribution is -1.84. The van der Waals surface area contributed by atoms with Gasteiger partial charge in [-0.3, -0.25) is 9.78 Å². The molecule has 0 radical (unpaired) electrons. The van der Waals surface area contributed by atoms with Crippen LogP contribution in [-0.2, 0) is 0 Å². The Hall–Kier alpha value is -2.23. The van der Waals surface area contributed by atoms with Crippen molar-refractivity contribution in [1.82, 2.24) is 9.97 Å². The molecule has 0 atom stereocenters. The highest BCUT2D eigenvalue weighted by Gasteiger charge is 2.10. The Kier molecular flexibility index (Phi) is 1.56. The molecule has 0 aromatic carbocycles. The molecule has 0 N–H and O–H groups in total. The number of nitrogens with zero attached hydrogens (tertiary/aromatic N) is 2. The van der Waals surface area contributed by atoms with Crippen molar-refractivity contribution in [3.05, 3.63) is 36.4 Å². The van der Waals surface area contributed by atoms with Gasteiger partial charge in [0.15, 0.2) is 11.9 Å². The quantitative estimate of drug-likeness (QED) is 0.562. The van der Waals surface area contributed by atoms with Gasteiger partial charge in [0.05, 0.1) is 0 Å². The van der Waals surface area contributed by atoms with Crippen LogP contribution in [0.15, 0.2) is 35.1 Å². The van der Waals surface area contributed by atoms with Crippen molar-refractivity contribution in [3.63, 3.8) is 0 Å². The maximum absolute atomic E-state index is 10.8. The molecule has 0 amide bonds. The molecule has 3 rings (SSSR count). The van der Waals surface area contributed by atoms with Gasteiger partial charge >= 0.3 is 0 Å². The lowest BCUT2D eigenvalue weighted by atomic mass is 10.2. The topological polar surface area (TPSA) is 56.0 Å². The van der Waals surface area contributed by atoms with E-state index < -0.39 is 0 Å². The molecule has 72 valence electrons. The summed E-state index contributed by atoms with van der Waals surface area (Å²) in [6, 6.07) is 3.58. The van der Waals surface area contributed by atoms with Gasteiger partial charge < -0.3 is 4.42 Å². The predicted octanol–water partition coefficient (Wildman–Crippen LogP) is 2.19. The maximum Gasteiger partial charge on any atom is 0.172 e. The first-order valence-electron chi connectivity index (χ1n) is 4.46. The molecular weight excluding hydrogens is 192 g/mol. The van der Waals surface area contributed by atoms with Crippen molar-refractivity contribution >= 4 is 28.2 Å². The van der Waals surface area contributed by atoms with E-state index in [2.05, 4.69) is 9.97 Å². The SMILES string of the molecule is O=Cc1nccc2c1oc1ccncc12. The number of furan rings is 1. The summed E-state index contributed by atoms with van der Waals surface area (Å²) < 4.78 is 5.54. The summed E-state index contributed by atoms with van der Waals surface area (Å²) in [5.41, 5.74) is 1.57. The number of rotatable bonds is 1. The molecule has 0 aliphatic heterocycles. The number of carbonyl (C=O) groups excluding carboxylic acids is 1. The Morgan fingerprint density at radius 3 is 3.00 bits per heavy atom. The van der Waals surface area contributed by atoms with Gasteiger partial charge in [0.25, 0.3) is 0 Å². The van der Waals surface area contributed by atoms with Crippen LogP contribution in [0.25, 0.3) is 21.9 Å². The zero-order valence-corrected chi connectivity index (χ0v) is 7.68. The molecule has 0 aliphatic rings. The van der Waals surface area contributed by atoms with Gasteiger partial charge in [-0.05, 0) is 12.1 Å². The lowest BCUT2D eigenvalue weighted by Gasteiger charge is -1.89. The summed E-state index contributed by atoms with van der Waals surface area (Å²) >= 11 is 0. The predicted molar refractivity (Wildman–Crippen MR) is 54.7 cm³/mol. The van der Waals surface area contributed by atoms with Gasteiger partial charge in [-0.15, -0.1) is 0 Å². The average molecular weight is 198 g/mol. The van der Waals surface area contributed by atoms with E-state index in [0.29, 0.717) is 17.6 Å². The van der Waals surface area contributed by atoms with E-state index >= 15 is 0 Å². The lowest BCUT2D eigenvalue weighted by molar-refractivity contribution is 0.112. The van der Waals surface area contributed by atoms with E-state index in [0.717, 1.165) is 16.4 Å². The maximum atomic E-state index is 10.8. The number of fused-ring (bicyclic) bond motifs is 3. The first-order valence-corrected chi connectivity index (χ1v) is 4.46. The third-order valence-electron chi connectivity index (χ3n) is 2.33. The highest BCUT2D eigenvalue weighted by atomic mass is 16.3. The van der Waals surface area contributed by atoms with Crippen molar-refractivity contribution < 1.29 is 9.21 Å². The second-order valence-electron chi connectivity index (χ2n) is 3.16. The highest BCUT2D eigenvalue weighted by molar-refractivity contribution is 6.08. The van der Waals surface area contributed by atoms with Crippen LogP contribution in [-0.4, -0.2) is 16.3 Å². The fourth-order valence-corrected chi connectivity index (χ4v) is 1.65. The van der Waals surface area contributed by atoms with Crippen LogP contribution >= 0.6 is 0 Å². The number of hydrogen-bond acceptors (Lipinski definition) is 4. The number of pyridine rings is 2. The first kappa shape index (κ1) is 8.11. The van der Waals surface area contributed by atoms with Crippen LogP contribution in [0.2, 0.25) is 0 Å². The molecule has 0 saturated carbocycles. The minimum Gasteiger partial charge on any atom is -0.454 e. The highest BCUT2D eigenvalue weighted by Crippen LogP contribution is 2.28. The van der Waals surface area contributed by atoms with Crippen molar-refractivity contribution in [2.75, 3.05) is 0 Å². The van der Waals surface area contributed by atoms with Crippen LogP contribution in [0, 0.1) is 0 Å². The van der Waals surface area contributed by atoms with Gasteiger partial charge in [-0.2, -0.15) is 0 Å². The molecule has 3 heterocycles. The number of aromatic nitrogens is 2. The van der Waals surface area contributed by atoms with E-state index in [1.807, 2.05) is 6.07 Å². The monoisotopic (exact) mass is 198 g/mol. The van der Waals surface area contributed by atoms with E-state index in [4.69, 9.17) is 4.42 Å². The molecule has 0 spiro atoms. The number of aldehydes is 1. The standard InChI is InChI=1S/C11H6N2O2/c14-6-9-11-7(1-4-13-9)8-5-12-3-2-10(8)15-11/h1-6H. The molecule has 4 heteroatoms. The second kappa shape index (κ2) is 2.88. The number of carbonyl (C=O) groups is 1. The van der Waals surface area contributed by atoms with Gasteiger partial charge in [0.1, 0.15) is 11.3 Å². The molecule has 3 aromatic heterocycles. The summed E-state index contributed by atoms with van der Waals surface area (Å²) in [7, 11) is 0. The summed E-state index contributed by atoms with van der Waals surface area (Å²) in [5.74, 6) is 0. The molecule has 0 saturated heterocycles. The molecule has 0 unspecified atom stereocenters. The van der Waals surface area contributed by atoms with Crippen molar-refractivity contribution in [2.24, 2.45) is 0 Å². The fourth-order valence-electron chi connectivity index (χ4n) is 1.65. The smallest absolute Gasteiger partial charge is 0.172 e. The summed E-state index contributed by atoms with van der Waals surface area (Å²) in [4.78, 5) is 18.7. The molecular formula is C11H6N2O2. The van der Waals surface area contributed by atoms with Crippen LogP contribution < -0.4 is 0 Å². The van der Waals surface area contributed by atoms with Crippen molar-refractivity contribution in [1.29, 1.82) is 0 Å². The number of hydrogen-bond donors (Lipinski definition) is 0. The van der Waals surface area contributed by atoms with Crippen molar-refractivity contribution in [3.8, 4) is 0 Å². The summed E-state index contributed by atoms with van der Waals surface area (Å²) in [5, 5.41) is 1.77. The fraction of sp³-hybridized carbons (Fsp3) is 0. The molecule has 4 nitrogen and oxygen atoms in total. The van der Waals surface area contributed by atoms with E-state index in [1.165, 1.54) is 0 Å². The molecule has 3 aromatic rings. The third kappa shape index (κ3) is 1.05. The molecule has 0 aliphatic carbocycles. The second-order valence-corrected chi connectivity index (χ2v) is 3.16. The Morgan fingerprint density at radius 1 is 1.20 bits per heavy atom. The molecule has 15 heavy (non-hydrogen) atoms. The Morgan fingerprint density at radius 2 is 2.13 bits per heavy atom. The Balaban J connectivity index is 2.59. The summed E-state index contributed by atoms with van der Waals surface area (Å²) in [6.45, 7) is 0. The van der Waals surface area contributed by atoms with Gasteiger partial charge in [-0.1, -0.05) is 0 Å². The average Bonchev–Trinajstić information content (AvgIpc) is 2.67. The largest absolute Gasteiger partial charge is 0.454 e. The van der Waals surface area contributed by atoms with E-state index in [-0.39, 0.29) is 0 Å². The van der Waals surface area contributed by atoms with Crippen LogP contribution in [0.1, 0.15) is 10.5 Å². The first-order chi connectivity index (χ1) is 7.40. The van der Waals surface area contributed by atoms with E-state index in [1.54, 1.807) is 24.7 Å². The van der Waals surface area contributed by atoms with E-state index in [9.17, 15) is 4.79 Å². The molecule has 0 fully saturated rings. The van der Waals surface area contributed by atoms with Gasteiger partial charge in [-0.25, -0.2) is 4.98 Å². The van der Waals surface area contributed by atoms with Crippen LogP contribution in [0.5, 0.6) is 0 Å². The third-order valence-corrected chi connectivity index (χ3v) is 2.33. The summed E-state index contributed by atoms with van der Waals surface area (Å²) in [6.07, 6.45) is 5.65. The zero-order chi connectivity index (χ0) is 10.3. The normalized spacial score (nSPS) is 10.9. The van der Waals surface area contributed by atoms with Gasteiger partial charge in [0.2, 0.25) is 0 Å². The minimum absolute atomic E-state index is 0.323. The molecule has 0 bridgehead atoms. The Bertz CT molecular complexity index is 658. The van der Waals surface area contributed by atoms with Crippen LogP contribution in [0.4, 0.5) is 0 Å². The minimum atomic E-state index is 0.323. The zero-order valence-electron chi connectivity index (χ0n) is 7.68. The van der Waals surface area contributed by atoms with Gasteiger partial charge in [0, 0.05) is 29.4 Å². The Labute approximate surface area is 84.6 Å².